The van der Waals surface area contributed by atoms with Gasteiger partial charge in [0.05, 0.1) is 0 Å². The molecule has 0 aromatic carbocycles. The average Bonchev–Trinajstić information content (AvgIpc) is 3.13. The van der Waals surface area contributed by atoms with Gasteiger partial charge in [0.25, 0.3) is 0 Å². The van der Waals surface area contributed by atoms with Gasteiger partial charge in [0, 0.05) is 57.5 Å². The number of urea groups is 1. The van der Waals surface area contributed by atoms with Crippen molar-refractivity contribution >= 4 is 12.1 Å². The Bertz CT molecular complexity index is 1000. The fourth-order valence-corrected chi connectivity index (χ4v) is 5.10. The minimum absolute atomic E-state index is 0.0177. The molecule has 1 spiro atoms. The molecule has 1 aliphatic carbocycles. The highest BCUT2D eigenvalue weighted by atomic mass is 16.4. The molecule has 2 N–H and O–H groups in total. The standard InChI is InChI=1S/C21H30N4O3/c1-20(2,3)17-16(21(17)5-8-24(9-6-21)19(27)28)11-23-18(26)25-12-14-4-7-22-10-15(14)13-25/h4,7,10,16-17H,5-6,8-9,11-13H2,1-3H3,(H,23,26)(H,27,28)/i1D3,2D3,3D3. The molecule has 3 aliphatic rings. The lowest BCUT2D eigenvalue weighted by Gasteiger charge is -2.33. The Hall–Kier alpha value is -2.31. The van der Waals surface area contributed by atoms with Gasteiger partial charge in [-0.1, -0.05) is 20.6 Å². The molecule has 7 nitrogen and oxygen atoms in total. The van der Waals surface area contributed by atoms with Gasteiger partial charge in [-0.2, -0.15) is 0 Å². The maximum atomic E-state index is 13.0. The zero-order valence-electron chi connectivity index (χ0n) is 24.4. The third-order valence-corrected chi connectivity index (χ3v) is 6.57. The van der Waals surface area contributed by atoms with Crippen LogP contribution in [0.5, 0.6) is 0 Å². The average molecular weight is 396 g/mol. The van der Waals surface area contributed by atoms with Crippen molar-refractivity contribution in [3.63, 3.8) is 0 Å². The molecule has 2 unspecified atom stereocenters. The summed E-state index contributed by atoms with van der Waals surface area (Å²) in [6.07, 6.45) is 2.35. The molecule has 3 amide bonds. The summed E-state index contributed by atoms with van der Waals surface area (Å²) in [6, 6.07) is 1.37. The predicted octanol–water partition coefficient (Wildman–Crippen LogP) is 3.16. The van der Waals surface area contributed by atoms with Gasteiger partial charge in [0.2, 0.25) is 0 Å². The Labute approximate surface area is 178 Å². The summed E-state index contributed by atoms with van der Waals surface area (Å²) in [6.45, 7) is -9.51. The molecule has 0 bridgehead atoms. The Morgan fingerprint density at radius 1 is 1.29 bits per heavy atom. The number of carbonyl (C=O) groups excluding carboxylic acids is 1. The van der Waals surface area contributed by atoms with Gasteiger partial charge in [-0.15, -0.1) is 0 Å². The first-order valence-electron chi connectivity index (χ1n) is 13.9. The summed E-state index contributed by atoms with van der Waals surface area (Å²) >= 11 is 0. The molecule has 1 saturated carbocycles. The van der Waals surface area contributed by atoms with E-state index in [9.17, 15) is 14.7 Å². The van der Waals surface area contributed by atoms with Crippen molar-refractivity contribution in [2.24, 2.45) is 22.7 Å². The van der Waals surface area contributed by atoms with Gasteiger partial charge in [0.15, 0.2) is 0 Å². The van der Waals surface area contributed by atoms with Crippen LogP contribution in [0, 0.1) is 22.7 Å². The second kappa shape index (κ2) is 6.64. The molecule has 2 atom stereocenters. The molecule has 28 heavy (non-hydrogen) atoms. The lowest BCUT2D eigenvalue weighted by molar-refractivity contribution is 0.109. The minimum Gasteiger partial charge on any atom is -0.465 e. The lowest BCUT2D eigenvalue weighted by Crippen LogP contribution is -2.41. The number of nitrogens with zero attached hydrogens (tertiary/aromatic N) is 3. The largest absolute Gasteiger partial charge is 0.465 e. The quantitative estimate of drug-likeness (QED) is 0.805. The summed E-state index contributed by atoms with van der Waals surface area (Å²) in [5.41, 5.74) is -2.25. The van der Waals surface area contributed by atoms with E-state index in [-0.39, 0.29) is 32.5 Å². The van der Waals surface area contributed by atoms with Crippen molar-refractivity contribution in [2.45, 2.75) is 46.5 Å². The van der Waals surface area contributed by atoms with Crippen LogP contribution in [-0.4, -0.2) is 51.6 Å². The van der Waals surface area contributed by atoms with Crippen LogP contribution in [0.25, 0.3) is 0 Å². The molecule has 1 aromatic rings. The van der Waals surface area contributed by atoms with Crippen LogP contribution in [0.4, 0.5) is 9.59 Å². The van der Waals surface area contributed by atoms with E-state index >= 15 is 0 Å². The molecule has 4 rings (SSSR count). The maximum Gasteiger partial charge on any atom is 0.407 e. The second-order valence-electron chi connectivity index (χ2n) is 8.08. The molecule has 2 fully saturated rings. The zero-order chi connectivity index (χ0) is 27.6. The van der Waals surface area contributed by atoms with Crippen LogP contribution in [0.2, 0.25) is 0 Å². The molecule has 1 aromatic heterocycles. The summed E-state index contributed by atoms with van der Waals surface area (Å²) in [4.78, 5) is 31.2. The molecule has 0 radical (unpaired) electrons. The Morgan fingerprint density at radius 3 is 2.64 bits per heavy atom. The van der Waals surface area contributed by atoms with Gasteiger partial charge < -0.3 is 20.2 Å². The van der Waals surface area contributed by atoms with Gasteiger partial charge in [-0.25, -0.2) is 9.59 Å². The summed E-state index contributed by atoms with van der Waals surface area (Å²) < 4.78 is 73.4. The van der Waals surface area contributed by atoms with E-state index in [1.807, 2.05) is 6.07 Å². The topological polar surface area (TPSA) is 85.8 Å². The van der Waals surface area contributed by atoms with Crippen LogP contribution >= 0.6 is 0 Å². The SMILES string of the molecule is [2H]C([2H])([2H])C(C1C(CNC(=O)N2Cc3ccncc3C2)C12CCN(C(=O)O)CC2)(C([2H])([2H])[2H])C([2H])([2H])[2H]. The number of fused-ring (bicyclic) bond motifs is 1. The number of rotatable bonds is 2. The predicted molar refractivity (Wildman–Crippen MR) is 105 cm³/mol. The number of carbonyl (C=O) groups is 2. The van der Waals surface area contributed by atoms with E-state index < -0.39 is 55.3 Å². The van der Waals surface area contributed by atoms with Crippen molar-refractivity contribution in [3.05, 3.63) is 29.6 Å². The van der Waals surface area contributed by atoms with Gasteiger partial charge in [-0.3, -0.25) is 4.98 Å². The number of hydrogen-bond acceptors (Lipinski definition) is 3. The number of amides is 3. The van der Waals surface area contributed by atoms with Crippen molar-refractivity contribution in [2.75, 3.05) is 19.6 Å². The Balaban J connectivity index is 1.63. The van der Waals surface area contributed by atoms with E-state index in [0.29, 0.717) is 13.1 Å². The van der Waals surface area contributed by atoms with Gasteiger partial charge in [-0.05, 0) is 52.7 Å². The summed E-state index contributed by atoms with van der Waals surface area (Å²) in [5.74, 6) is -2.07. The van der Waals surface area contributed by atoms with Crippen molar-refractivity contribution in [1.82, 2.24) is 20.1 Å². The van der Waals surface area contributed by atoms with E-state index in [1.54, 1.807) is 12.4 Å². The fourth-order valence-electron chi connectivity index (χ4n) is 5.10. The molecule has 152 valence electrons. The third-order valence-electron chi connectivity index (χ3n) is 6.57. The first-order valence-corrected chi connectivity index (χ1v) is 9.40. The fraction of sp³-hybridized carbons (Fsp3) is 0.667. The number of hydrogen-bond donors (Lipinski definition) is 2. The number of piperidine rings is 1. The van der Waals surface area contributed by atoms with Crippen molar-refractivity contribution in [1.29, 1.82) is 0 Å². The lowest BCUT2D eigenvalue weighted by atomic mass is 9.80. The van der Waals surface area contributed by atoms with Gasteiger partial charge >= 0.3 is 12.1 Å². The normalized spacial score (nSPS) is 31.6. The monoisotopic (exact) mass is 395 g/mol. The Kier molecular flexibility index (Phi) is 2.61. The highest BCUT2D eigenvalue weighted by Gasteiger charge is 2.67. The zero-order valence-corrected chi connectivity index (χ0v) is 15.4. The number of pyridine rings is 1. The number of aromatic nitrogens is 1. The van der Waals surface area contributed by atoms with E-state index in [0.717, 1.165) is 16.0 Å². The highest BCUT2D eigenvalue weighted by Crippen LogP contribution is 2.70. The first-order chi connectivity index (χ1) is 17.0. The smallest absolute Gasteiger partial charge is 0.407 e. The molecule has 7 heteroatoms. The first kappa shape index (κ1) is 11.0. The summed E-state index contributed by atoms with van der Waals surface area (Å²) in [7, 11) is 0. The second-order valence-corrected chi connectivity index (χ2v) is 8.08. The van der Waals surface area contributed by atoms with Crippen LogP contribution in [0.3, 0.4) is 0 Å². The van der Waals surface area contributed by atoms with E-state index in [4.69, 9.17) is 12.3 Å². The van der Waals surface area contributed by atoms with Crippen LogP contribution in [-0.2, 0) is 13.1 Å². The highest BCUT2D eigenvalue weighted by molar-refractivity contribution is 5.75. The third kappa shape index (κ3) is 3.20. The van der Waals surface area contributed by atoms with E-state index in [1.165, 1.54) is 4.90 Å². The molecule has 1 saturated heterocycles. The number of carboxylic acid groups (broad SMARTS) is 1. The van der Waals surface area contributed by atoms with Crippen molar-refractivity contribution in [3.8, 4) is 0 Å². The van der Waals surface area contributed by atoms with Crippen LogP contribution in [0.15, 0.2) is 18.5 Å². The van der Waals surface area contributed by atoms with Crippen molar-refractivity contribution < 1.29 is 27.0 Å². The van der Waals surface area contributed by atoms with Crippen LogP contribution in [0.1, 0.15) is 56.9 Å². The van der Waals surface area contributed by atoms with Crippen LogP contribution < -0.4 is 5.32 Å². The van der Waals surface area contributed by atoms with E-state index in [2.05, 4.69) is 10.3 Å². The molecular weight excluding hydrogens is 356 g/mol. The maximum absolute atomic E-state index is 13.0. The Morgan fingerprint density at radius 2 is 2.00 bits per heavy atom. The number of likely N-dealkylation sites (tertiary alicyclic amines) is 1. The molecule has 3 heterocycles. The minimum atomic E-state index is -3.37. The molecule has 2 aliphatic heterocycles. The number of nitrogens with one attached hydrogen (secondary N) is 1. The van der Waals surface area contributed by atoms with Gasteiger partial charge in [0.1, 0.15) is 0 Å². The molecular formula is C21H30N4O3. The summed E-state index contributed by atoms with van der Waals surface area (Å²) in [5, 5.41) is 12.1.